The van der Waals surface area contributed by atoms with E-state index < -0.39 is 6.10 Å². The lowest BCUT2D eigenvalue weighted by Crippen LogP contribution is -2.58. The molecule has 0 bridgehead atoms. The summed E-state index contributed by atoms with van der Waals surface area (Å²) in [6, 6.07) is 9.19. The van der Waals surface area contributed by atoms with Gasteiger partial charge < -0.3 is 14.7 Å². The summed E-state index contributed by atoms with van der Waals surface area (Å²) in [4.78, 5) is 30.8. The Morgan fingerprint density at radius 1 is 1.06 bits per heavy atom. The minimum absolute atomic E-state index is 0.00289. The van der Waals surface area contributed by atoms with Gasteiger partial charge in [-0.15, -0.1) is 11.3 Å². The molecule has 0 unspecified atom stereocenters. The van der Waals surface area contributed by atoms with Gasteiger partial charge in [-0.05, 0) is 80.6 Å². The van der Waals surface area contributed by atoms with Gasteiger partial charge in [-0.1, -0.05) is 0 Å². The van der Waals surface area contributed by atoms with E-state index in [4.69, 9.17) is 4.74 Å². The molecule has 0 saturated carbocycles. The van der Waals surface area contributed by atoms with Crippen LogP contribution in [-0.4, -0.2) is 72.0 Å². The molecular formula is C24H30N2O4S. The molecule has 1 N–H and O–H groups in total. The molecule has 0 spiro atoms. The number of amides is 1. The summed E-state index contributed by atoms with van der Waals surface area (Å²) in [5.41, 5.74) is 1.73. The highest BCUT2D eigenvalue weighted by Crippen LogP contribution is 2.28. The maximum atomic E-state index is 12.9. The maximum absolute atomic E-state index is 12.9. The van der Waals surface area contributed by atoms with Crippen LogP contribution in [0.1, 0.15) is 44.9 Å². The second-order valence-electron chi connectivity index (χ2n) is 8.51. The Labute approximate surface area is 187 Å². The summed E-state index contributed by atoms with van der Waals surface area (Å²) in [7, 11) is 1.61. The van der Waals surface area contributed by atoms with Crippen molar-refractivity contribution in [1.82, 2.24) is 9.80 Å². The monoisotopic (exact) mass is 442 g/mol. The minimum atomic E-state index is -0.442. The van der Waals surface area contributed by atoms with Crippen LogP contribution in [0.4, 0.5) is 0 Å². The van der Waals surface area contributed by atoms with Crippen LogP contribution in [0.3, 0.4) is 0 Å². The van der Waals surface area contributed by atoms with E-state index in [0.29, 0.717) is 19.5 Å². The van der Waals surface area contributed by atoms with Crippen molar-refractivity contribution in [2.75, 3.05) is 33.3 Å². The number of Topliss-reactive ketones (excluding diaryl/α,β-unsaturated/α-hetero) is 1. The summed E-state index contributed by atoms with van der Waals surface area (Å²) in [6.45, 7) is 4.60. The molecule has 3 heterocycles. The van der Waals surface area contributed by atoms with Crippen molar-refractivity contribution in [3.63, 3.8) is 0 Å². The zero-order valence-corrected chi connectivity index (χ0v) is 18.9. The van der Waals surface area contributed by atoms with Gasteiger partial charge in [0.2, 0.25) is 0 Å². The number of hydrogen-bond acceptors (Lipinski definition) is 6. The lowest BCUT2D eigenvalue weighted by atomic mass is 9.87. The number of aryl methyl sites for hydroxylation is 1. The minimum Gasteiger partial charge on any atom is -0.497 e. The number of aliphatic hydroxyl groups is 1. The fraction of sp³-hybridized carbons (Fsp3) is 0.500. The molecule has 0 radical (unpaired) electrons. The van der Waals surface area contributed by atoms with E-state index in [1.54, 1.807) is 7.11 Å². The zero-order chi connectivity index (χ0) is 22.0. The quantitative estimate of drug-likeness (QED) is 0.720. The number of aliphatic hydroxyl groups excluding tert-OH is 1. The van der Waals surface area contributed by atoms with Crippen LogP contribution >= 0.6 is 11.3 Å². The molecule has 2 fully saturated rings. The molecule has 1 aromatic carbocycles. The van der Waals surface area contributed by atoms with Crippen molar-refractivity contribution < 1.29 is 19.4 Å². The molecule has 2 aliphatic rings. The lowest BCUT2D eigenvalue weighted by molar-refractivity contribution is -0.0174. The van der Waals surface area contributed by atoms with Crippen LogP contribution in [0.2, 0.25) is 0 Å². The van der Waals surface area contributed by atoms with E-state index in [1.165, 1.54) is 11.3 Å². The molecule has 31 heavy (non-hydrogen) atoms. The van der Waals surface area contributed by atoms with E-state index in [0.717, 1.165) is 47.7 Å². The molecule has 1 amide bonds. The largest absolute Gasteiger partial charge is 0.497 e. The number of carbonyl (C=O) groups excluding carboxylic acids is 2. The molecule has 2 aliphatic heterocycles. The van der Waals surface area contributed by atoms with Gasteiger partial charge in [-0.2, -0.15) is 0 Å². The first-order chi connectivity index (χ1) is 15.0. The number of nitrogens with zero attached hydrogens (tertiary/aromatic N) is 2. The van der Waals surface area contributed by atoms with Gasteiger partial charge in [0.25, 0.3) is 5.91 Å². The van der Waals surface area contributed by atoms with Gasteiger partial charge >= 0.3 is 0 Å². The van der Waals surface area contributed by atoms with Crippen molar-refractivity contribution in [1.29, 1.82) is 0 Å². The highest BCUT2D eigenvalue weighted by atomic mass is 32.1. The average Bonchev–Trinajstić information content (AvgIpc) is 3.24. The van der Waals surface area contributed by atoms with Crippen molar-refractivity contribution >= 4 is 23.0 Å². The number of rotatable bonds is 5. The Morgan fingerprint density at radius 3 is 2.39 bits per heavy atom. The van der Waals surface area contributed by atoms with Crippen LogP contribution in [0.15, 0.2) is 35.7 Å². The summed E-state index contributed by atoms with van der Waals surface area (Å²) < 4.78 is 5.17. The zero-order valence-electron chi connectivity index (χ0n) is 18.1. The lowest BCUT2D eigenvalue weighted by Gasteiger charge is -2.44. The standard InChI is InChI=1S/C24H30N2O4S/c1-16-10-14-31-23(16)24(29)26-13-9-21(27)20(15-26)25-11-7-18(8-12-25)22(28)17-3-5-19(30-2)6-4-17/h3-6,10,14,18,20-21,27H,7-9,11-13,15H2,1-2H3/t20-,21-/m1/s1. The van der Waals surface area contributed by atoms with Gasteiger partial charge in [-0.25, -0.2) is 0 Å². The first-order valence-corrected chi connectivity index (χ1v) is 11.8. The number of benzene rings is 1. The molecule has 6 nitrogen and oxygen atoms in total. The number of thiophene rings is 1. The van der Waals surface area contributed by atoms with Crippen molar-refractivity contribution in [2.24, 2.45) is 5.92 Å². The fourth-order valence-electron chi connectivity index (χ4n) is 4.68. The summed E-state index contributed by atoms with van der Waals surface area (Å²) in [5, 5.41) is 12.6. The molecule has 0 aliphatic carbocycles. The molecule has 2 saturated heterocycles. The molecule has 166 valence electrons. The van der Waals surface area contributed by atoms with Gasteiger partial charge in [0, 0.05) is 24.6 Å². The molecule has 2 aromatic rings. The molecule has 7 heteroatoms. The molecular weight excluding hydrogens is 412 g/mol. The van der Waals surface area contributed by atoms with Crippen molar-refractivity contribution in [2.45, 2.75) is 38.3 Å². The number of hydrogen-bond donors (Lipinski definition) is 1. The summed E-state index contributed by atoms with van der Waals surface area (Å²) in [6.07, 6.45) is 1.69. The van der Waals surface area contributed by atoms with Crippen LogP contribution in [0, 0.1) is 12.8 Å². The first-order valence-electron chi connectivity index (χ1n) is 10.9. The normalized spacial score (nSPS) is 23.0. The molecule has 1 aromatic heterocycles. The third kappa shape index (κ3) is 4.68. The van der Waals surface area contributed by atoms with E-state index in [-0.39, 0.29) is 23.7 Å². The predicted molar refractivity (Wildman–Crippen MR) is 121 cm³/mol. The Kier molecular flexibility index (Phi) is 6.74. The van der Waals surface area contributed by atoms with Crippen molar-refractivity contribution in [3.8, 4) is 5.75 Å². The molecule has 2 atom stereocenters. The highest BCUT2D eigenvalue weighted by Gasteiger charge is 2.37. The maximum Gasteiger partial charge on any atom is 0.264 e. The van der Waals surface area contributed by atoms with E-state index >= 15 is 0 Å². The number of methoxy groups -OCH3 is 1. The van der Waals surface area contributed by atoms with Crippen LogP contribution < -0.4 is 4.74 Å². The second kappa shape index (κ2) is 9.51. The number of ketones is 1. The van der Waals surface area contributed by atoms with Crippen LogP contribution in [-0.2, 0) is 0 Å². The predicted octanol–water partition coefficient (Wildman–Crippen LogP) is 3.24. The number of piperidine rings is 2. The average molecular weight is 443 g/mol. The van der Waals surface area contributed by atoms with Crippen LogP contribution in [0.25, 0.3) is 0 Å². The molecule has 4 rings (SSSR count). The second-order valence-corrected chi connectivity index (χ2v) is 9.43. The summed E-state index contributed by atoms with van der Waals surface area (Å²) >= 11 is 1.48. The van der Waals surface area contributed by atoms with Gasteiger partial charge in [-0.3, -0.25) is 14.5 Å². The van der Waals surface area contributed by atoms with Crippen LogP contribution in [0.5, 0.6) is 5.75 Å². The Bertz CT molecular complexity index is 918. The fourth-order valence-corrected chi connectivity index (χ4v) is 5.57. The SMILES string of the molecule is COc1ccc(C(=O)C2CCN([C@@H]3CN(C(=O)c4sccc4C)CC[C@H]3O)CC2)cc1. The van der Waals surface area contributed by atoms with Gasteiger partial charge in [0.1, 0.15) is 5.75 Å². The van der Waals surface area contributed by atoms with Crippen molar-refractivity contribution in [3.05, 3.63) is 51.7 Å². The van der Waals surface area contributed by atoms with E-state index in [1.807, 2.05) is 47.5 Å². The highest BCUT2D eigenvalue weighted by molar-refractivity contribution is 7.12. The number of ether oxygens (including phenoxy) is 1. The summed E-state index contributed by atoms with van der Waals surface area (Å²) in [5.74, 6) is 0.983. The topological polar surface area (TPSA) is 70.1 Å². The number of carbonyl (C=O) groups is 2. The van der Waals surface area contributed by atoms with Gasteiger partial charge in [0.05, 0.1) is 24.1 Å². The number of likely N-dealkylation sites (tertiary alicyclic amines) is 2. The third-order valence-corrected chi connectivity index (χ3v) is 7.64. The Hall–Kier alpha value is -2.22. The van der Waals surface area contributed by atoms with E-state index in [9.17, 15) is 14.7 Å². The van der Waals surface area contributed by atoms with Gasteiger partial charge in [0.15, 0.2) is 5.78 Å². The Morgan fingerprint density at radius 2 is 1.77 bits per heavy atom. The smallest absolute Gasteiger partial charge is 0.264 e. The third-order valence-electron chi connectivity index (χ3n) is 6.63. The van der Waals surface area contributed by atoms with E-state index in [2.05, 4.69) is 4.90 Å². The Balaban J connectivity index is 1.36. The first kappa shape index (κ1) is 22.0.